The molecule has 8 rings (SSSR count). The van der Waals surface area contributed by atoms with Crippen LogP contribution in [-0.2, 0) is 12.8 Å². The van der Waals surface area contributed by atoms with E-state index >= 15 is 0 Å². The molecule has 0 unspecified atom stereocenters. The Balaban J connectivity index is 1.48. The van der Waals surface area contributed by atoms with Crippen LogP contribution in [0, 0.1) is 0 Å². The molecule has 0 radical (unpaired) electrons. The minimum atomic E-state index is 1.05. The van der Waals surface area contributed by atoms with Gasteiger partial charge in [0.1, 0.15) is 0 Å². The predicted molar refractivity (Wildman–Crippen MR) is 127 cm³/mol. The zero-order valence-electron chi connectivity index (χ0n) is 16.5. The molecule has 0 heterocycles. The fraction of sp³-hybridized carbons (Fsp3) is 0.0667. The molecule has 0 N–H and O–H groups in total. The van der Waals surface area contributed by atoms with Gasteiger partial charge in [0.2, 0.25) is 0 Å². The molecule has 0 aliphatic heterocycles. The maximum atomic E-state index is 2.46. The van der Waals surface area contributed by atoms with Crippen molar-refractivity contribution in [3.63, 3.8) is 0 Å². The highest BCUT2D eigenvalue weighted by Crippen LogP contribution is 2.50. The molecule has 0 heteroatoms. The third-order valence-corrected chi connectivity index (χ3v) is 7.47. The average molecular weight is 378 g/mol. The van der Waals surface area contributed by atoms with Gasteiger partial charge >= 0.3 is 0 Å². The highest BCUT2D eigenvalue weighted by atomic mass is 14.3. The SMILES string of the molecule is c1ccc2c(c1)Cc1c-2ccc2c1Cc1cc3ccc4cccc5ccc(c1-2)c3c45. The molecule has 0 bridgehead atoms. The van der Waals surface area contributed by atoms with Crippen molar-refractivity contribution in [2.45, 2.75) is 12.8 Å². The molecular formula is C30H18. The Bertz CT molecular complexity index is 1670. The van der Waals surface area contributed by atoms with Crippen LogP contribution < -0.4 is 0 Å². The summed E-state index contributed by atoms with van der Waals surface area (Å²) >= 11 is 0. The summed E-state index contributed by atoms with van der Waals surface area (Å²) in [6.45, 7) is 0. The maximum Gasteiger partial charge on any atom is -0.000993 e. The van der Waals surface area contributed by atoms with Crippen LogP contribution >= 0.6 is 0 Å². The van der Waals surface area contributed by atoms with Crippen molar-refractivity contribution in [1.82, 2.24) is 0 Å². The lowest BCUT2D eigenvalue weighted by Gasteiger charge is -2.14. The van der Waals surface area contributed by atoms with Gasteiger partial charge in [0.15, 0.2) is 0 Å². The van der Waals surface area contributed by atoms with E-state index in [-0.39, 0.29) is 0 Å². The lowest BCUT2D eigenvalue weighted by Crippen LogP contribution is -1.90. The molecule has 0 amide bonds. The van der Waals surface area contributed by atoms with Gasteiger partial charge in [-0.2, -0.15) is 0 Å². The van der Waals surface area contributed by atoms with E-state index in [4.69, 9.17) is 0 Å². The molecule has 2 aliphatic carbocycles. The van der Waals surface area contributed by atoms with Gasteiger partial charge in [0.25, 0.3) is 0 Å². The monoisotopic (exact) mass is 378 g/mol. The van der Waals surface area contributed by atoms with Crippen molar-refractivity contribution in [2.75, 3.05) is 0 Å². The molecule has 6 aromatic carbocycles. The smallest absolute Gasteiger partial charge is 0.000993 e. The minimum absolute atomic E-state index is 1.05. The topological polar surface area (TPSA) is 0 Å². The van der Waals surface area contributed by atoms with E-state index in [9.17, 15) is 0 Å². The van der Waals surface area contributed by atoms with E-state index in [1.807, 2.05) is 0 Å². The van der Waals surface area contributed by atoms with Crippen molar-refractivity contribution in [2.24, 2.45) is 0 Å². The first-order valence-electron chi connectivity index (χ1n) is 10.8. The Hall–Kier alpha value is -3.64. The summed E-state index contributed by atoms with van der Waals surface area (Å²) in [4.78, 5) is 0. The van der Waals surface area contributed by atoms with Gasteiger partial charge in [-0.25, -0.2) is 0 Å². The third kappa shape index (κ3) is 1.70. The third-order valence-electron chi connectivity index (χ3n) is 7.47. The molecule has 6 aromatic rings. The molecule has 138 valence electrons. The Labute approximate surface area is 174 Å². The highest BCUT2D eigenvalue weighted by Gasteiger charge is 2.29. The second kappa shape index (κ2) is 5.09. The maximum absolute atomic E-state index is 2.46. The number of rotatable bonds is 0. The Morgan fingerprint density at radius 1 is 0.467 bits per heavy atom. The minimum Gasteiger partial charge on any atom is -0.0619 e. The van der Waals surface area contributed by atoms with Crippen LogP contribution in [0.4, 0.5) is 0 Å². The van der Waals surface area contributed by atoms with Crippen molar-refractivity contribution in [1.29, 1.82) is 0 Å². The summed E-state index contributed by atoms with van der Waals surface area (Å²) in [5.74, 6) is 0. The molecule has 0 fully saturated rings. The molecular weight excluding hydrogens is 360 g/mol. The van der Waals surface area contributed by atoms with Crippen molar-refractivity contribution < 1.29 is 0 Å². The van der Waals surface area contributed by atoms with Gasteiger partial charge < -0.3 is 0 Å². The molecule has 0 atom stereocenters. The van der Waals surface area contributed by atoms with Crippen molar-refractivity contribution in [3.05, 3.63) is 107 Å². The summed E-state index contributed by atoms with van der Waals surface area (Å²) in [5.41, 5.74) is 11.8. The summed E-state index contributed by atoms with van der Waals surface area (Å²) in [5, 5.41) is 8.32. The summed E-state index contributed by atoms with van der Waals surface area (Å²) < 4.78 is 0. The normalized spacial score (nSPS) is 13.7. The van der Waals surface area contributed by atoms with Crippen LogP contribution in [0.5, 0.6) is 0 Å². The Morgan fingerprint density at radius 3 is 2.13 bits per heavy atom. The van der Waals surface area contributed by atoms with Crippen LogP contribution in [0.25, 0.3) is 54.6 Å². The van der Waals surface area contributed by atoms with Gasteiger partial charge in [-0.1, -0.05) is 84.9 Å². The Kier molecular flexibility index (Phi) is 2.59. The number of hydrogen-bond donors (Lipinski definition) is 0. The summed E-state index contributed by atoms with van der Waals surface area (Å²) in [6, 6.07) is 32.0. The zero-order valence-corrected chi connectivity index (χ0v) is 16.5. The van der Waals surface area contributed by atoms with Gasteiger partial charge in [-0.05, 0) is 89.7 Å². The standard InChI is InChI=1S/C30H18/c1-2-7-22-19(4-1)15-26-23(22)12-13-24-27(26)16-21-14-20-9-8-17-5-3-6-18-10-11-25(29(21)24)30(20)28(17)18/h1-14H,15-16H2. The van der Waals surface area contributed by atoms with Crippen LogP contribution in [-0.4, -0.2) is 0 Å². The van der Waals surface area contributed by atoms with Gasteiger partial charge in [0, 0.05) is 0 Å². The number of benzene rings is 6. The van der Waals surface area contributed by atoms with E-state index in [0.29, 0.717) is 0 Å². The molecule has 0 spiro atoms. The van der Waals surface area contributed by atoms with Crippen molar-refractivity contribution in [3.8, 4) is 22.3 Å². The lowest BCUT2D eigenvalue weighted by molar-refractivity contribution is 1.16. The van der Waals surface area contributed by atoms with Crippen LogP contribution in [0.15, 0.2) is 84.9 Å². The van der Waals surface area contributed by atoms with E-state index in [0.717, 1.165) is 12.8 Å². The van der Waals surface area contributed by atoms with Crippen LogP contribution in [0.2, 0.25) is 0 Å². The summed E-state index contributed by atoms with van der Waals surface area (Å²) in [6.07, 6.45) is 2.12. The molecule has 30 heavy (non-hydrogen) atoms. The van der Waals surface area contributed by atoms with Gasteiger partial charge in [-0.15, -0.1) is 0 Å². The van der Waals surface area contributed by atoms with E-state index < -0.39 is 0 Å². The molecule has 2 aliphatic rings. The van der Waals surface area contributed by atoms with E-state index in [1.165, 1.54) is 65.7 Å². The Morgan fingerprint density at radius 2 is 1.20 bits per heavy atom. The fourth-order valence-corrected chi connectivity index (χ4v) is 6.23. The van der Waals surface area contributed by atoms with Crippen LogP contribution in [0.3, 0.4) is 0 Å². The quantitative estimate of drug-likeness (QED) is 0.237. The highest BCUT2D eigenvalue weighted by molar-refractivity contribution is 6.26. The predicted octanol–water partition coefficient (Wildman–Crippen LogP) is 7.73. The average Bonchev–Trinajstić information content (AvgIpc) is 3.35. The van der Waals surface area contributed by atoms with Crippen molar-refractivity contribution >= 4 is 32.3 Å². The molecule has 0 saturated carbocycles. The second-order valence-electron chi connectivity index (χ2n) is 8.90. The lowest BCUT2D eigenvalue weighted by atomic mass is 9.89. The number of fused-ring (bicyclic) bond motifs is 8. The second-order valence-corrected chi connectivity index (χ2v) is 8.90. The first-order chi connectivity index (χ1) is 14.9. The number of hydrogen-bond acceptors (Lipinski definition) is 0. The van der Waals surface area contributed by atoms with Gasteiger partial charge in [-0.3, -0.25) is 0 Å². The van der Waals surface area contributed by atoms with E-state index in [2.05, 4.69) is 84.9 Å². The molecule has 0 saturated heterocycles. The first-order valence-corrected chi connectivity index (χ1v) is 10.8. The fourth-order valence-electron chi connectivity index (χ4n) is 6.23. The zero-order chi connectivity index (χ0) is 19.4. The van der Waals surface area contributed by atoms with Gasteiger partial charge in [0.05, 0.1) is 0 Å². The first kappa shape index (κ1) is 15.2. The molecule has 0 nitrogen and oxygen atoms in total. The summed E-state index contributed by atoms with van der Waals surface area (Å²) in [7, 11) is 0. The molecule has 0 aromatic heterocycles. The van der Waals surface area contributed by atoms with Crippen LogP contribution in [0.1, 0.15) is 22.3 Å². The largest absolute Gasteiger partial charge is 0.0619 e. The van der Waals surface area contributed by atoms with E-state index in [1.54, 1.807) is 11.1 Å².